The van der Waals surface area contributed by atoms with Gasteiger partial charge in [0.1, 0.15) is 5.54 Å². The Bertz CT molecular complexity index is 262. The highest BCUT2D eigenvalue weighted by atomic mass is 32.2. The van der Waals surface area contributed by atoms with E-state index in [4.69, 9.17) is 5.11 Å². The number of carbonyl (C=O) groups is 2. The average Bonchev–Trinajstić information content (AvgIpc) is 2.18. The first-order chi connectivity index (χ1) is 6.93. The van der Waals surface area contributed by atoms with Crippen molar-refractivity contribution in [1.29, 1.82) is 0 Å². The van der Waals surface area contributed by atoms with Crippen LogP contribution in [0.3, 0.4) is 0 Å². The molecule has 1 unspecified atom stereocenters. The van der Waals surface area contributed by atoms with E-state index < -0.39 is 11.5 Å². The molecule has 1 amide bonds. The molecule has 6 heteroatoms. The molecule has 0 aliphatic carbocycles. The lowest BCUT2D eigenvalue weighted by molar-refractivity contribution is -0.146. The smallest absolute Gasteiger partial charge is 0.328 e. The molecule has 0 aromatic heterocycles. The third-order valence-corrected chi connectivity index (χ3v) is 3.27. The van der Waals surface area contributed by atoms with Crippen molar-refractivity contribution in [1.82, 2.24) is 10.6 Å². The molecule has 1 aliphatic heterocycles. The fraction of sp³-hybridized carbons (Fsp3) is 0.778. The number of carboxylic acids is 1. The van der Waals surface area contributed by atoms with Gasteiger partial charge in [0.05, 0.1) is 6.04 Å². The number of carboxylic acid groups (broad SMARTS) is 1. The van der Waals surface area contributed by atoms with Crippen LogP contribution in [0.5, 0.6) is 0 Å². The molecule has 86 valence electrons. The summed E-state index contributed by atoms with van der Waals surface area (Å²) in [5.74, 6) is 0.419. The largest absolute Gasteiger partial charge is 0.480 e. The van der Waals surface area contributed by atoms with Crippen molar-refractivity contribution in [3.8, 4) is 0 Å². The number of rotatable bonds is 3. The van der Waals surface area contributed by atoms with Gasteiger partial charge in [-0.1, -0.05) is 0 Å². The number of hydrogen-bond donors (Lipinski definition) is 3. The first-order valence-electron chi connectivity index (χ1n) is 4.80. The third-order valence-electron chi connectivity index (χ3n) is 2.21. The van der Waals surface area contributed by atoms with Crippen LogP contribution in [-0.4, -0.2) is 46.6 Å². The van der Waals surface area contributed by atoms with Crippen molar-refractivity contribution in [3.63, 3.8) is 0 Å². The van der Waals surface area contributed by atoms with Crippen molar-refractivity contribution in [2.75, 3.05) is 18.1 Å². The van der Waals surface area contributed by atoms with Crippen LogP contribution >= 0.6 is 11.8 Å². The lowest BCUT2D eigenvalue weighted by atomic mass is 10.1. The van der Waals surface area contributed by atoms with E-state index in [0.717, 1.165) is 12.3 Å². The van der Waals surface area contributed by atoms with Gasteiger partial charge in [0.15, 0.2) is 0 Å². The van der Waals surface area contributed by atoms with Crippen LogP contribution in [-0.2, 0) is 9.59 Å². The number of carbonyl (C=O) groups excluding carboxylic acids is 1. The van der Waals surface area contributed by atoms with Crippen molar-refractivity contribution < 1.29 is 14.7 Å². The van der Waals surface area contributed by atoms with Crippen molar-refractivity contribution in [2.45, 2.75) is 25.4 Å². The highest BCUT2D eigenvalue weighted by Crippen LogP contribution is 2.09. The van der Waals surface area contributed by atoms with Crippen molar-refractivity contribution in [2.24, 2.45) is 0 Å². The van der Waals surface area contributed by atoms with Gasteiger partial charge in [-0.25, -0.2) is 4.79 Å². The summed E-state index contributed by atoms with van der Waals surface area (Å²) in [5, 5.41) is 14.4. The minimum Gasteiger partial charge on any atom is -0.480 e. The van der Waals surface area contributed by atoms with Crippen LogP contribution < -0.4 is 10.6 Å². The van der Waals surface area contributed by atoms with Crippen LogP contribution in [0.4, 0.5) is 0 Å². The van der Waals surface area contributed by atoms with E-state index >= 15 is 0 Å². The Hall–Kier alpha value is -0.750. The fourth-order valence-corrected chi connectivity index (χ4v) is 2.12. The molecular weight excluding hydrogens is 216 g/mol. The average molecular weight is 232 g/mol. The SMILES string of the molecule is CC(C)(NC(=O)C1CSCCN1)C(=O)O. The summed E-state index contributed by atoms with van der Waals surface area (Å²) < 4.78 is 0. The maximum Gasteiger partial charge on any atom is 0.328 e. The first-order valence-corrected chi connectivity index (χ1v) is 5.95. The van der Waals surface area contributed by atoms with Gasteiger partial charge in [0, 0.05) is 18.1 Å². The second-order valence-corrected chi connectivity index (χ2v) is 5.15. The van der Waals surface area contributed by atoms with E-state index in [2.05, 4.69) is 10.6 Å². The highest BCUT2D eigenvalue weighted by molar-refractivity contribution is 7.99. The minimum absolute atomic E-state index is 0.241. The molecule has 0 aromatic carbocycles. The van der Waals surface area contributed by atoms with Crippen LogP contribution in [0, 0.1) is 0 Å². The zero-order chi connectivity index (χ0) is 11.5. The molecule has 0 radical (unpaired) electrons. The summed E-state index contributed by atoms with van der Waals surface area (Å²) in [5.41, 5.74) is -1.21. The molecule has 0 spiro atoms. The summed E-state index contributed by atoms with van der Waals surface area (Å²) in [6, 6.07) is -0.276. The standard InChI is InChI=1S/C9H16N2O3S/c1-9(2,8(13)14)11-7(12)6-5-15-4-3-10-6/h6,10H,3-5H2,1-2H3,(H,11,12)(H,13,14). The Balaban J connectivity index is 2.50. The quantitative estimate of drug-likeness (QED) is 0.621. The summed E-state index contributed by atoms with van der Waals surface area (Å²) in [4.78, 5) is 22.5. The topological polar surface area (TPSA) is 78.4 Å². The molecule has 0 aromatic rings. The summed E-state index contributed by atoms with van der Waals surface area (Å²) >= 11 is 1.69. The highest BCUT2D eigenvalue weighted by Gasteiger charge is 2.32. The molecule has 1 fully saturated rings. The number of aliphatic carboxylic acids is 1. The summed E-state index contributed by atoms with van der Waals surface area (Å²) in [6.45, 7) is 3.74. The van der Waals surface area contributed by atoms with Crippen LogP contribution in [0.2, 0.25) is 0 Å². The van der Waals surface area contributed by atoms with E-state index in [9.17, 15) is 9.59 Å². The van der Waals surface area contributed by atoms with Gasteiger partial charge in [-0.05, 0) is 13.8 Å². The molecule has 3 N–H and O–H groups in total. The van der Waals surface area contributed by atoms with Gasteiger partial charge in [0.2, 0.25) is 5.91 Å². The Morgan fingerprint density at radius 3 is 2.67 bits per heavy atom. The van der Waals surface area contributed by atoms with E-state index in [1.807, 2.05) is 0 Å². The molecular formula is C9H16N2O3S. The van der Waals surface area contributed by atoms with Crippen molar-refractivity contribution >= 4 is 23.6 Å². The van der Waals surface area contributed by atoms with E-state index in [1.165, 1.54) is 13.8 Å². The molecule has 1 aliphatic rings. The number of thioether (sulfide) groups is 1. The third kappa shape index (κ3) is 3.39. The van der Waals surface area contributed by atoms with Gasteiger partial charge in [-0.15, -0.1) is 0 Å². The van der Waals surface area contributed by atoms with Gasteiger partial charge in [0.25, 0.3) is 0 Å². The Labute approximate surface area is 93.0 Å². The summed E-state index contributed by atoms with van der Waals surface area (Å²) in [6.07, 6.45) is 0. The molecule has 1 atom stereocenters. The van der Waals surface area contributed by atoms with Crippen molar-refractivity contribution in [3.05, 3.63) is 0 Å². The number of nitrogens with one attached hydrogen (secondary N) is 2. The normalized spacial score (nSPS) is 22.1. The Morgan fingerprint density at radius 2 is 2.20 bits per heavy atom. The second kappa shape index (κ2) is 4.85. The number of hydrogen-bond acceptors (Lipinski definition) is 4. The molecule has 0 bridgehead atoms. The van der Waals surface area contributed by atoms with Gasteiger partial charge < -0.3 is 15.7 Å². The maximum absolute atomic E-state index is 11.7. The van der Waals surface area contributed by atoms with Gasteiger partial charge in [-0.2, -0.15) is 11.8 Å². The molecule has 1 rings (SSSR count). The number of amides is 1. The predicted octanol–water partition coefficient (Wildman–Crippen LogP) is -0.329. The molecule has 1 heterocycles. The van der Waals surface area contributed by atoms with Gasteiger partial charge >= 0.3 is 5.97 Å². The molecule has 1 saturated heterocycles. The fourth-order valence-electron chi connectivity index (χ4n) is 1.18. The Morgan fingerprint density at radius 1 is 1.53 bits per heavy atom. The molecule has 15 heavy (non-hydrogen) atoms. The molecule has 0 saturated carbocycles. The van der Waals surface area contributed by atoms with E-state index in [0.29, 0.717) is 5.75 Å². The molecule has 5 nitrogen and oxygen atoms in total. The minimum atomic E-state index is -1.21. The predicted molar refractivity (Wildman–Crippen MR) is 59.0 cm³/mol. The van der Waals surface area contributed by atoms with Crippen LogP contribution in [0.25, 0.3) is 0 Å². The zero-order valence-electron chi connectivity index (χ0n) is 8.87. The lowest BCUT2D eigenvalue weighted by Gasteiger charge is -2.27. The second-order valence-electron chi connectivity index (χ2n) is 4.00. The Kier molecular flexibility index (Phi) is 3.98. The lowest BCUT2D eigenvalue weighted by Crippen LogP contribution is -2.57. The zero-order valence-corrected chi connectivity index (χ0v) is 9.69. The summed E-state index contributed by atoms with van der Waals surface area (Å²) in [7, 11) is 0. The van der Waals surface area contributed by atoms with E-state index in [-0.39, 0.29) is 11.9 Å². The van der Waals surface area contributed by atoms with Crippen LogP contribution in [0.1, 0.15) is 13.8 Å². The van der Waals surface area contributed by atoms with Crippen LogP contribution in [0.15, 0.2) is 0 Å². The monoisotopic (exact) mass is 232 g/mol. The first kappa shape index (κ1) is 12.3. The van der Waals surface area contributed by atoms with E-state index in [1.54, 1.807) is 11.8 Å². The maximum atomic E-state index is 11.7. The van der Waals surface area contributed by atoms with Gasteiger partial charge in [-0.3, -0.25) is 4.79 Å².